The van der Waals surface area contributed by atoms with E-state index in [-0.39, 0.29) is 10.7 Å². The van der Waals surface area contributed by atoms with Crippen molar-refractivity contribution in [2.45, 2.75) is 0 Å². The van der Waals surface area contributed by atoms with Crippen LogP contribution in [0.1, 0.15) is 10.5 Å². The summed E-state index contributed by atoms with van der Waals surface area (Å²) >= 11 is 6.34. The van der Waals surface area contributed by atoms with E-state index in [0.717, 1.165) is 5.56 Å². The molecule has 3 heterocycles. The number of aromatic carboxylic acids is 1. The highest BCUT2D eigenvalue weighted by atomic mass is 35.5. The van der Waals surface area contributed by atoms with Crippen molar-refractivity contribution in [2.24, 2.45) is 0 Å². The third-order valence-corrected chi connectivity index (χ3v) is 4.44. The highest BCUT2D eigenvalue weighted by Crippen LogP contribution is 2.31. The number of carbonyl (C=O) groups is 1. The molecule has 132 valence electrons. The molecule has 0 bridgehead atoms. The van der Waals surface area contributed by atoms with Gasteiger partial charge in [0.05, 0.1) is 18.2 Å². The summed E-state index contributed by atoms with van der Waals surface area (Å²) in [6, 6.07) is 10.8. The van der Waals surface area contributed by atoms with Crippen molar-refractivity contribution < 1.29 is 14.6 Å². The number of anilines is 1. The lowest BCUT2D eigenvalue weighted by Crippen LogP contribution is -2.37. The molecule has 2 aromatic heterocycles. The number of aromatic nitrogens is 3. The van der Waals surface area contributed by atoms with Crippen LogP contribution in [0.25, 0.3) is 22.3 Å². The summed E-state index contributed by atoms with van der Waals surface area (Å²) in [5, 5.41) is 9.54. The first-order chi connectivity index (χ1) is 12.6. The number of carboxylic acid groups (broad SMARTS) is 1. The summed E-state index contributed by atoms with van der Waals surface area (Å²) in [4.78, 5) is 26.9. The smallest absolute Gasteiger partial charge is 0.354 e. The van der Waals surface area contributed by atoms with Gasteiger partial charge in [-0.05, 0) is 6.07 Å². The Balaban J connectivity index is 1.98. The fraction of sp³-hybridized carbons (Fsp3) is 0.222. The molecular formula is C18H15ClN4O3. The lowest BCUT2D eigenvalue weighted by Gasteiger charge is -2.27. The number of morpholine rings is 1. The zero-order valence-corrected chi connectivity index (χ0v) is 14.5. The quantitative estimate of drug-likeness (QED) is 0.758. The molecule has 0 radical (unpaired) electrons. The fourth-order valence-corrected chi connectivity index (χ4v) is 3.10. The van der Waals surface area contributed by atoms with Crippen molar-refractivity contribution in [2.75, 3.05) is 31.2 Å². The largest absolute Gasteiger partial charge is 0.477 e. The lowest BCUT2D eigenvalue weighted by atomic mass is 10.1. The molecule has 26 heavy (non-hydrogen) atoms. The van der Waals surface area contributed by atoms with Gasteiger partial charge in [0.15, 0.2) is 5.69 Å². The molecule has 0 aliphatic carbocycles. The fourth-order valence-electron chi connectivity index (χ4n) is 2.87. The van der Waals surface area contributed by atoms with Gasteiger partial charge in [-0.15, -0.1) is 0 Å². The molecule has 1 aromatic carbocycles. The summed E-state index contributed by atoms with van der Waals surface area (Å²) in [6.45, 7) is 2.56. The van der Waals surface area contributed by atoms with Crippen LogP contribution in [-0.4, -0.2) is 52.3 Å². The predicted molar refractivity (Wildman–Crippen MR) is 97.8 cm³/mol. The Bertz CT molecular complexity index is 975. The molecule has 7 nitrogen and oxygen atoms in total. The maximum atomic E-state index is 11.4. The molecule has 1 N–H and O–H groups in total. The Hall–Kier alpha value is -2.77. The minimum atomic E-state index is -1.15. The Kier molecular flexibility index (Phi) is 4.40. The van der Waals surface area contributed by atoms with Crippen LogP contribution in [0.4, 0.5) is 5.95 Å². The minimum absolute atomic E-state index is 0.137. The Labute approximate surface area is 154 Å². The van der Waals surface area contributed by atoms with Gasteiger partial charge in [0.2, 0.25) is 5.95 Å². The van der Waals surface area contributed by atoms with Gasteiger partial charge in [0.25, 0.3) is 0 Å². The number of ether oxygens (including phenoxy) is 1. The number of hydrogen-bond donors (Lipinski definition) is 1. The Morgan fingerprint density at radius 1 is 1.08 bits per heavy atom. The summed E-state index contributed by atoms with van der Waals surface area (Å²) < 4.78 is 5.39. The van der Waals surface area contributed by atoms with Crippen molar-refractivity contribution >= 4 is 34.6 Å². The molecule has 0 spiro atoms. The molecule has 3 aromatic rings. The van der Waals surface area contributed by atoms with E-state index in [1.807, 2.05) is 35.2 Å². The highest BCUT2D eigenvalue weighted by Gasteiger charge is 2.21. The molecule has 0 atom stereocenters. The van der Waals surface area contributed by atoms with E-state index in [2.05, 4.69) is 15.0 Å². The third kappa shape index (κ3) is 3.07. The van der Waals surface area contributed by atoms with E-state index in [4.69, 9.17) is 16.3 Å². The number of fused-ring (bicyclic) bond motifs is 1. The summed E-state index contributed by atoms with van der Waals surface area (Å²) in [5.74, 6) is -0.614. The molecular weight excluding hydrogens is 356 g/mol. The Morgan fingerprint density at radius 3 is 2.50 bits per heavy atom. The van der Waals surface area contributed by atoms with Gasteiger partial charge >= 0.3 is 5.97 Å². The zero-order chi connectivity index (χ0) is 18.1. The maximum Gasteiger partial charge on any atom is 0.354 e. The van der Waals surface area contributed by atoms with Gasteiger partial charge in [-0.2, -0.15) is 0 Å². The zero-order valence-electron chi connectivity index (χ0n) is 13.7. The number of halogens is 1. The normalized spacial score (nSPS) is 14.6. The van der Waals surface area contributed by atoms with Crippen LogP contribution < -0.4 is 4.90 Å². The SMILES string of the molecule is O=C(O)c1cc(Cl)c2nc(N3CCOCC3)nc(-c3ccccc3)c2n1. The van der Waals surface area contributed by atoms with Crippen LogP contribution in [0, 0.1) is 0 Å². The van der Waals surface area contributed by atoms with Crippen LogP contribution in [-0.2, 0) is 4.74 Å². The van der Waals surface area contributed by atoms with Crippen molar-refractivity contribution in [3.05, 3.63) is 47.1 Å². The van der Waals surface area contributed by atoms with Gasteiger partial charge in [0, 0.05) is 18.7 Å². The second-order valence-electron chi connectivity index (χ2n) is 5.83. The number of nitrogens with zero attached hydrogens (tertiary/aromatic N) is 4. The van der Waals surface area contributed by atoms with Gasteiger partial charge in [-0.25, -0.2) is 19.7 Å². The number of pyridine rings is 1. The van der Waals surface area contributed by atoms with Gasteiger partial charge < -0.3 is 14.7 Å². The van der Waals surface area contributed by atoms with E-state index < -0.39 is 5.97 Å². The van der Waals surface area contributed by atoms with E-state index in [1.54, 1.807) is 0 Å². The Morgan fingerprint density at radius 2 is 1.81 bits per heavy atom. The molecule has 8 heteroatoms. The van der Waals surface area contributed by atoms with Crippen molar-refractivity contribution in [1.29, 1.82) is 0 Å². The number of hydrogen-bond acceptors (Lipinski definition) is 6. The molecule has 0 amide bonds. The van der Waals surface area contributed by atoms with Crippen LogP contribution in [0.3, 0.4) is 0 Å². The van der Waals surface area contributed by atoms with Crippen LogP contribution in [0.5, 0.6) is 0 Å². The standard InChI is InChI=1S/C18H15ClN4O3/c19-12-10-13(17(24)25)20-16-14(11-4-2-1-3-5-11)21-18(22-15(12)16)23-6-8-26-9-7-23/h1-5,10H,6-9H2,(H,24,25). The predicted octanol–water partition coefficient (Wildman–Crippen LogP) is 2.88. The molecule has 1 aliphatic rings. The second kappa shape index (κ2) is 6.86. The number of carboxylic acids is 1. The summed E-state index contributed by atoms with van der Waals surface area (Å²) in [7, 11) is 0. The van der Waals surface area contributed by atoms with Crippen molar-refractivity contribution in [1.82, 2.24) is 15.0 Å². The average molecular weight is 371 g/mol. The third-order valence-electron chi connectivity index (χ3n) is 4.15. The summed E-state index contributed by atoms with van der Waals surface area (Å²) in [6.07, 6.45) is 0. The van der Waals surface area contributed by atoms with Gasteiger partial charge in [-0.3, -0.25) is 0 Å². The molecule has 1 saturated heterocycles. The molecule has 4 rings (SSSR count). The molecule has 0 saturated carbocycles. The van der Waals surface area contributed by atoms with Crippen molar-refractivity contribution in [3.63, 3.8) is 0 Å². The van der Waals surface area contributed by atoms with Crippen LogP contribution in [0.2, 0.25) is 5.02 Å². The number of rotatable bonds is 3. The van der Waals surface area contributed by atoms with E-state index >= 15 is 0 Å². The van der Waals surface area contributed by atoms with Gasteiger partial charge in [-0.1, -0.05) is 41.9 Å². The van der Waals surface area contributed by atoms with Gasteiger partial charge in [0.1, 0.15) is 16.7 Å². The van der Waals surface area contributed by atoms with Crippen molar-refractivity contribution in [3.8, 4) is 11.3 Å². The maximum absolute atomic E-state index is 11.4. The number of benzene rings is 1. The van der Waals surface area contributed by atoms with E-state index in [0.29, 0.717) is 49.0 Å². The first kappa shape index (κ1) is 16.7. The minimum Gasteiger partial charge on any atom is -0.477 e. The van der Waals surface area contributed by atoms with E-state index in [1.165, 1.54) is 6.07 Å². The molecule has 1 aliphatic heterocycles. The topological polar surface area (TPSA) is 88.4 Å². The van der Waals surface area contributed by atoms with Crippen LogP contribution in [0.15, 0.2) is 36.4 Å². The summed E-state index contributed by atoms with van der Waals surface area (Å²) in [5.41, 5.74) is 2.05. The molecule has 1 fully saturated rings. The molecule has 0 unspecified atom stereocenters. The monoisotopic (exact) mass is 370 g/mol. The first-order valence-corrected chi connectivity index (χ1v) is 8.51. The second-order valence-corrected chi connectivity index (χ2v) is 6.24. The highest BCUT2D eigenvalue weighted by molar-refractivity contribution is 6.35. The lowest BCUT2D eigenvalue weighted by molar-refractivity contribution is 0.0691. The van der Waals surface area contributed by atoms with Crippen LogP contribution >= 0.6 is 11.6 Å². The first-order valence-electron chi connectivity index (χ1n) is 8.13. The average Bonchev–Trinajstić information content (AvgIpc) is 2.68. The van der Waals surface area contributed by atoms with E-state index in [9.17, 15) is 9.90 Å².